The van der Waals surface area contributed by atoms with E-state index in [0.29, 0.717) is 16.3 Å². The lowest BCUT2D eigenvalue weighted by atomic mass is 10.2. The number of nitrogens with one attached hydrogen (secondary N) is 1. The number of ether oxygens (including phenoxy) is 1. The smallest absolute Gasteiger partial charge is 0.319 e. The fraction of sp³-hybridized carbons (Fsp3) is 0.167. The number of halogens is 1. The summed E-state index contributed by atoms with van der Waals surface area (Å²) in [4.78, 5) is 24.7. The van der Waals surface area contributed by atoms with Crippen molar-refractivity contribution >= 4 is 40.9 Å². The zero-order valence-electron chi connectivity index (χ0n) is 13.4. The molecule has 1 N–H and O–H groups in total. The van der Waals surface area contributed by atoms with Gasteiger partial charge >= 0.3 is 5.97 Å². The van der Waals surface area contributed by atoms with E-state index in [9.17, 15) is 9.59 Å². The lowest BCUT2D eigenvalue weighted by Crippen LogP contribution is -2.24. The highest BCUT2D eigenvalue weighted by Crippen LogP contribution is 2.25. The van der Waals surface area contributed by atoms with E-state index >= 15 is 0 Å². The van der Waals surface area contributed by atoms with Crippen LogP contribution in [-0.4, -0.2) is 23.7 Å². The fourth-order valence-corrected chi connectivity index (χ4v) is 2.87. The molecule has 0 bridgehead atoms. The van der Waals surface area contributed by atoms with Crippen molar-refractivity contribution in [1.82, 2.24) is 0 Å². The van der Waals surface area contributed by atoms with Crippen LogP contribution < -0.4 is 5.32 Å². The highest BCUT2D eigenvalue weighted by Gasteiger charge is 2.17. The third-order valence-corrected chi connectivity index (χ3v) is 4.42. The predicted molar refractivity (Wildman–Crippen MR) is 97.5 cm³/mol. The first-order valence-corrected chi connectivity index (χ1v) is 8.62. The molecular formula is C18H15ClN2O3S. The van der Waals surface area contributed by atoms with E-state index in [1.807, 2.05) is 18.2 Å². The zero-order chi connectivity index (χ0) is 18.2. The van der Waals surface area contributed by atoms with E-state index in [4.69, 9.17) is 21.6 Å². The van der Waals surface area contributed by atoms with Gasteiger partial charge in [0.2, 0.25) is 0 Å². The third-order valence-electron chi connectivity index (χ3n) is 3.08. The normalized spacial score (nSPS) is 11.2. The van der Waals surface area contributed by atoms with Crippen LogP contribution in [0.3, 0.4) is 0 Å². The van der Waals surface area contributed by atoms with E-state index < -0.39 is 17.1 Å². The number of anilines is 1. The average Bonchev–Trinajstić information content (AvgIpc) is 2.61. The SMILES string of the molecule is C[C@H](Sc1ccc(Cl)cc1)C(=O)OCC(=O)Nc1cccc(C#N)c1. The monoisotopic (exact) mass is 374 g/mol. The molecule has 0 aliphatic carbocycles. The Labute approximate surface area is 154 Å². The first-order valence-electron chi connectivity index (χ1n) is 7.37. The van der Waals surface area contributed by atoms with Gasteiger partial charge in [-0.1, -0.05) is 17.7 Å². The lowest BCUT2D eigenvalue weighted by Gasteiger charge is -2.11. The minimum atomic E-state index is -0.485. The molecule has 2 aromatic rings. The van der Waals surface area contributed by atoms with Gasteiger partial charge in [-0.15, -0.1) is 11.8 Å². The molecule has 0 heterocycles. The summed E-state index contributed by atoms with van der Waals surface area (Å²) in [5, 5.41) is 11.6. The zero-order valence-corrected chi connectivity index (χ0v) is 14.9. The summed E-state index contributed by atoms with van der Waals surface area (Å²) in [6, 6.07) is 15.6. The molecule has 7 heteroatoms. The van der Waals surface area contributed by atoms with Gasteiger partial charge in [0.25, 0.3) is 5.91 Å². The topological polar surface area (TPSA) is 79.2 Å². The van der Waals surface area contributed by atoms with Crippen LogP contribution in [0.15, 0.2) is 53.4 Å². The Morgan fingerprint density at radius 1 is 1.28 bits per heavy atom. The van der Waals surface area contributed by atoms with Crippen molar-refractivity contribution in [3.05, 3.63) is 59.1 Å². The molecule has 5 nitrogen and oxygen atoms in total. The van der Waals surface area contributed by atoms with Crippen LogP contribution in [0.4, 0.5) is 5.69 Å². The Morgan fingerprint density at radius 3 is 2.68 bits per heavy atom. The Morgan fingerprint density at radius 2 is 2.00 bits per heavy atom. The van der Waals surface area contributed by atoms with Gasteiger partial charge in [-0.25, -0.2) is 0 Å². The molecular weight excluding hydrogens is 360 g/mol. The van der Waals surface area contributed by atoms with Crippen LogP contribution in [0.25, 0.3) is 0 Å². The highest BCUT2D eigenvalue weighted by atomic mass is 35.5. The number of esters is 1. The molecule has 0 saturated carbocycles. The molecule has 2 rings (SSSR count). The van der Waals surface area contributed by atoms with Crippen molar-refractivity contribution in [2.24, 2.45) is 0 Å². The molecule has 128 valence electrons. The maximum atomic E-state index is 12.0. The average molecular weight is 375 g/mol. The number of nitrogens with zero attached hydrogens (tertiary/aromatic N) is 1. The van der Waals surface area contributed by atoms with E-state index in [2.05, 4.69) is 5.32 Å². The summed E-state index contributed by atoms with van der Waals surface area (Å²) in [7, 11) is 0. The number of rotatable bonds is 6. The first kappa shape index (κ1) is 18.8. The number of nitriles is 1. The van der Waals surface area contributed by atoms with Crippen molar-refractivity contribution in [2.45, 2.75) is 17.1 Å². The van der Waals surface area contributed by atoms with Crippen LogP contribution in [0.5, 0.6) is 0 Å². The summed E-state index contributed by atoms with van der Waals surface area (Å²) in [6.07, 6.45) is 0. The van der Waals surface area contributed by atoms with E-state index in [0.717, 1.165) is 4.90 Å². The quantitative estimate of drug-likeness (QED) is 0.613. The van der Waals surface area contributed by atoms with Crippen molar-refractivity contribution in [3.63, 3.8) is 0 Å². The van der Waals surface area contributed by atoms with Crippen LogP contribution in [0.1, 0.15) is 12.5 Å². The van der Waals surface area contributed by atoms with E-state index in [1.54, 1.807) is 43.3 Å². The number of hydrogen-bond acceptors (Lipinski definition) is 5. The third kappa shape index (κ3) is 6.14. The Hall–Kier alpha value is -2.49. The predicted octanol–water partition coefficient (Wildman–Crippen LogP) is 3.87. The number of carbonyl (C=O) groups is 2. The summed E-state index contributed by atoms with van der Waals surface area (Å²) in [6.45, 7) is 1.32. The van der Waals surface area contributed by atoms with Crippen LogP contribution in [-0.2, 0) is 14.3 Å². The molecule has 0 aliphatic heterocycles. The van der Waals surface area contributed by atoms with Gasteiger partial charge in [0.05, 0.1) is 11.6 Å². The maximum absolute atomic E-state index is 12.0. The number of thioether (sulfide) groups is 1. The molecule has 0 spiro atoms. The minimum Gasteiger partial charge on any atom is -0.455 e. The highest BCUT2D eigenvalue weighted by molar-refractivity contribution is 8.00. The molecule has 0 aliphatic rings. The second-order valence-corrected chi connectivity index (χ2v) is 6.91. The minimum absolute atomic E-state index is 0.388. The summed E-state index contributed by atoms with van der Waals surface area (Å²) < 4.78 is 5.03. The van der Waals surface area contributed by atoms with Gasteiger partial charge in [0.15, 0.2) is 6.61 Å². The van der Waals surface area contributed by atoms with Crippen molar-refractivity contribution in [3.8, 4) is 6.07 Å². The molecule has 0 fully saturated rings. The van der Waals surface area contributed by atoms with Gasteiger partial charge in [0, 0.05) is 15.6 Å². The molecule has 0 aromatic heterocycles. The first-order chi connectivity index (χ1) is 12.0. The maximum Gasteiger partial charge on any atom is 0.319 e. The van der Waals surface area contributed by atoms with Crippen molar-refractivity contribution < 1.29 is 14.3 Å². The molecule has 0 radical (unpaired) electrons. The van der Waals surface area contributed by atoms with Crippen molar-refractivity contribution in [1.29, 1.82) is 5.26 Å². The van der Waals surface area contributed by atoms with Gasteiger partial charge in [-0.3, -0.25) is 9.59 Å². The molecule has 1 atom stereocenters. The van der Waals surface area contributed by atoms with Gasteiger partial charge in [-0.05, 0) is 49.4 Å². The number of benzene rings is 2. The standard InChI is InChI=1S/C18H15ClN2O3S/c1-12(25-16-7-5-14(19)6-8-16)18(23)24-11-17(22)21-15-4-2-3-13(9-15)10-20/h2-9,12H,11H2,1H3,(H,21,22)/t12-/m0/s1. The van der Waals surface area contributed by atoms with Gasteiger partial charge in [-0.2, -0.15) is 5.26 Å². The van der Waals surface area contributed by atoms with E-state index in [1.165, 1.54) is 11.8 Å². The summed E-state index contributed by atoms with van der Waals surface area (Å²) in [5.74, 6) is -0.951. The fourth-order valence-electron chi connectivity index (χ4n) is 1.88. The second kappa shape index (κ2) is 9.11. The van der Waals surface area contributed by atoms with Crippen LogP contribution >= 0.6 is 23.4 Å². The van der Waals surface area contributed by atoms with Gasteiger partial charge < -0.3 is 10.1 Å². The number of hydrogen-bond donors (Lipinski definition) is 1. The largest absolute Gasteiger partial charge is 0.455 e. The Kier molecular flexibility index (Phi) is 6.87. The molecule has 25 heavy (non-hydrogen) atoms. The number of amides is 1. The van der Waals surface area contributed by atoms with E-state index in [-0.39, 0.29) is 6.61 Å². The summed E-state index contributed by atoms with van der Waals surface area (Å²) in [5.41, 5.74) is 0.909. The van der Waals surface area contributed by atoms with Crippen LogP contribution in [0.2, 0.25) is 5.02 Å². The molecule has 1 amide bonds. The van der Waals surface area contributed by atoms with Gasteiger partial charge in [0.1, 0.15) is 5.25 Å². The molecule has 2 aromatic carbocycles. The van der Waals surface area contributed by atoms with Crippen LogP contribution in [0, 0.1) is 11.3 Å². The molecule has 0 unspecified atom stereocenters. The Balaban J connectivity index is 1.81. The second-order valence-electron chi connectivity index (χ2n) is 5.06. The number of carbonyl (C=O) groups excluding carboxylic acids is 2. The molecule has 0 saturated heterocycles. The van der Waals surface area contributed by atoms with Crippen molar-refractivity contribution in [2.75, 3.05) is 11.9 Å². The lowest BCUT2D eigenvalue weighted by molar-refractivity contribution is -0.146. The summed E-state index contributed by atoms with van der Waals surface area (Å²) >= 11 is 7.14. The Bertz CT molecular complexity index is 803.